The summed E-state index contributed by atoms with van der Waals surface area (Å²) >= 11 is 9.53. The maximum absolute atomic E-state index is 14.0. The zero-order valence-electron chi connectivity index (χ0n) is 10.8. The Balaban J connectivity index is 2.59. The summed E-state index contributed by atoms with van der Waals surface area (Å²) in [4.78, 5) is 0. The maximum atomic E-state index is 14.0. The van der Waals surface area contributed by atoms with Gasteiger partial charge in [0.25, 0.3) is 0 Å². The summed E-state index contributed by atoms with van der Waals surface area (Å²) in [6.45, 7) is 2.43. The summed E-state index contributed by atoms with van der Waals surface area (Å²) < 4.78 is 28.8. The van der Waals surface area contributed by atoms with Crippen LogP contribution in [-0.4, -0.2) is 6.54 Å². The molecule has 1 unspecified atom stereocenters. The molecule has 0 radical (unpaired) electrons. The largest absolute Gasteiger partial charge is 0.306 e. The molecular weight excluding hydrogens is 348 g/mol. The smallest absolute Gasteiger partial charge is 0.131 e. The molecule has 0 aliphatic carbocycles. The van der Waals surface area contributed by atoms with Crippen molar-refractivity contribution in [1.29, 1.82) is 0 Å². The van der Waals surface area contributed by atoms with Crippen molar-refractivity contribution in [2.45, 2.75) is 13.0 Å². The molecule has 0 spiro atoms. The van der Waals surface area contributed by atoms with E-state index in [0.29, 0.717) is 17.1 Å². The highest BCUT2D eigenvalue weighted by Crippen LogP contribution is 2.33. The van der Waals surface area contributed by atoms with Gasteiger partial charge in [-0.2, -0.15) is 0 Å². The number of benzene rings is 2. The van der Waals surface area contributed by atoms with Crippen molar-refractivity contribution >= 4 is 27.5 Å². The third-order valence-electron chi connectivity index (χ3n) is 2.97. The molecule has 0 bridgehead atoms. The van der Waals surface area contributed by atoms with E-state index in [1.165, 1.54) is 18.2 Å². The van der Waals surface area contributed by atoms with Gasteiger partial charge in [-0.25, -0.2) is 8.78 Å². The normalized spacial score (nSPS) is 12.4. The molecule has 0 aromatic heterocycles. The fraction of sp³-hybridized carbons (Fsp3) is 0.200. The number of nitrogens with one attached hydrogen (secondary N) is 1. The SMILES string of the molecule is CCNC(c1cc(Br)ccc1Cl)c1c(F)cccc1F. The van der Waals surface area contributed by atoms with Gasteiger partial charge in [-0.15, -0.1) is 0 Å². The van der Waals surface area contributed by atoms with E-state index in [0.717, 1.165) is 4.47 Å². The van der Waals surface area contributed by atoms with Crippen LogP contribution in [0.3, 0.4) is 0 Å². The average Bonchev–Trinajstić information content (AvgIpc) is 2.40. The third-order valence-corrected chi connectivity index (χ3v) is 3.80. The fourth-order valence-corrected chi connectivity index (χ4v) is 2.70. The Labute approximate surface area is 130 Å². The molecule has 2 aromatic rings. The average molecular weight is 361 g/mol. The van der Waals surface area contributed by atoms with Gasteiger partial charge >= 0.3 is 0 Å². The minimum atomic E-state index is -0.633. The lowest BCUT2D eigenvalue weighted by molar-refractivity contribution is 0.510. The quantitative estimate of drug-likeness (QED) is 0.802. The van der Waals surface area contributed by atoms with Crippen LogP contribution in [0.5, 0.6) is 0 Å². The van der Waals surface area contributed by atoms with Gasteiger partial charge in [0.2, 0.25) is 0 Å². The Morgan fingerprint density at radius 1 is 1.20 bits per heavy atom. The lowest BCUT2D eigenvalue weighted by atomic mass is 9.97. The highest BCUT2D eigenvalue weighted by Gasteiger charge is 2.23. The molecule has 0 fully saturated rings. The predicted octanol–water partition coefficient (Wildman–Crippen LogP) is 5.08. The summed E-state index contributed by atoms with van der Waals surface area (Å²) in [6, 6.07) is 8.45. The minimum absolute atomic E-state index is 0.0191. The maximum Gasteiger partial charge on any atom is 0.131 e. The van der Waals surface area contributed by atoms with Gasteiger partial charge in [0, 0.05) is 15.1 Å². The van der Waals surface area contributed by atoms with E-state index in [9.17, 15) is 8.78 Å². The van der Waals surface area contributed by atoms with Crippen LogP contribution >= 0.6 is 27.5 Å². The number of hydrogen-bond donors (Lipinski definition) is 1. The molecule has 2 aromatic carbocycles. The first-order valence-electron chi connectivity index (χ1n) is 6.16. The number of rotatable bonds is 4. The van der Waals surface area contributed by atoms with Crippen LogP contribution in [-0.2, 0) is 0 Å². The van der Waals surface area contributed by atoms with E-state index in [1.807, 2.05) is 6.92 Å². The van der Waals surface area contributed by atoms with Gasteiger partial charge in [0.15, 0.2) is 0 Å². The molecule has 1 atom stereocenters. The summed E-state index contributed by atoms with van der Waals surface area (Å²) in [5, 5.41) is 3.54. The Kier molecular flexibility index (Phi) is 5.13. The van der Waals surface area contributed by atoms with Crippen molar-refractivity contribution in [1.82, 2.24) is 5.32 Å². The van der Waals surface area contributed by atoms with Crippen LogP contribution < -0.4 is 5.32 Å². The van der Waals surface area contributed by atoms with Crippen molar-refractivity contribution in [3.05, 3.63) is 68.7 Å². The van der Waals surface area contributed by atoms with E-state index in [2.05, 4.69) is 21.2 Å². The van der Waals surface area contributed by atoms with Crippen LogP contribution in [0.1, 0.15) is 24.1 Å². The first kappa shape index (κ1) is 15.4. The summed E-state index contributed by atoms with van der Waals surface area (Å²) in [5.41, 5.74) is 0.612. The first-order chi connectivity index (χ1) is 9.54. The van der Waals surface area contributed by atoms with Gasteiger partial charge in [-0.1, -0.05) is 40.5 Å². The highest BCUT2D eigenvalue weighted by molar-refractivity contribution is 9.10. The molecule has 0 saturated heterocycles. The molecule has 2 rings (SSSR count). The molecule has 106 valence electrons. The summed E-state index contributed by atoms with van der Waals surface area (Å²) in [7, 11) is 0. The van der Waals surface area contributed by atoms with Crippen LogP contribution in [0.15, 0.2) is 40.9 Å². The van der Waals surface area contributed by atoms with E-state index in [-0.39, 0.29) is 5.56 Å². The van der Waals surface area contributed by atoms with Gasteiger partial charge < -0.3 is 5.32 Å². The second kappa shape index (κ2) is 6.66. The van der Waals surface area contributed by atoms with E-state index in [1.54, 1.807) is 18.2 Å². The number of hydrogen-bond acceptors (Lipinski definition) is 1. The van der Waals surface area contributed by atoms with Crippen molar-refractivity contribution in [3.8, 4) is 0 Å². The topological polar surface area (TPSA) is 12.0 Å². The molecule has 1 nitrogen and oxygen atoms in total. The van der Waals surface area contributed by atoms with Crippen molar-refractivity contribution < 1.29 is 8.78 Å². The van der Waals surface area contributed by atoms with Gasteiger partial charge in [0.05, 0.1) is 6.04 Å². The Morgan fingerprint density at radius 2 is 1.85 bits per heavy atom. The fourth-order valence-electron chi connectivity index (χ4n) is 2.09. The molecule has 1 N–H and O–H groups in total. The van der Waals surface area contributed by atoms with Crippen LogP contribution in [0, 0.1) is 11.6 Å². The van der Waals surface area contributed by atoms with E-state index >= 15 is 0 Å². The first-order valence-corrected chi connectivity index (χ1v) is 7.34. The molecule has 5 heteroatoms. The molecular formula is C15H13BrClF2N. The van der Waals surface area contributed by atoms with Crippen LogP contribution in [0.4, 0.5) is 8.78 Å². The monoisotopic (exact) mass is 359 g/mol. The standard InChI is InChI=1S/C15H13BrClF2N/c1-2-20-15(10-8-9(16)6-7-11(10)17)14-12(18)4-3-5-13(14)19/h3-8,15,20H,2H2,1H3. The molecule has 0 amide bonds. The minimum Gasteiger partial charge on any atom is -0.306 e. The zero-order chi connectivity index (χ0) is 14.7. The van der Waals surface area contributed by atoms with Gasteiger partial charge in [0.1, 0.15) is 11.6 Å². The Hall–Kier alpha value is -0.970. The Morgan fingerprint density at radius 3 is 2.45 bits per heavy atom. The van der Waals surface area contributed by atoms with Crippen LogP contribution in [0.25, 0.3) is 0 Å². The summed E-state index contributed by atoms with van der Waals surface area (Å²) in [6.07, 6.45) is 0. The second-order valence-electron chi connectivity index (χ2n) is 4.29. The van der Waals surface area contributed by atoms with Gasteiger partial charge in [-0.3, -0.25) is 0 Å². The molecule has 0 aliphatic heterocycles. The van der Waals surface area contributed by atoms with Crippen molar-refractivity contribution in [3.63, 3.8) is 0 Å². The summed E-state index contributed by atoms with van der Waals surface area (Å²) in [5.74, 6) is -1.18. The molecule has 0 heterocycles. The van der Waals surface area contributed by atoms with Gasteiger partial charge in [-0.05, 0) is 42.4 Å². The van der Waals surface area contributed by atoms with Crippen molar-refractivity contribution in [2.24, 2.45) is 0 Å². The number of halogens is 4. The molecule has 20 heavy (non-hydrogen) atoms. The highest BCUT2D eigenvalue weighted by atomic mass is 79.9. The lowest BCUT2D eigenvalue weighted by Gasteiger charge is -2.21. The van der Waals surface area contributed by atoms with Crippen molar-refractivity contribution in [2.75, 3.05) is 6.54 Å². The second-order valence-corrected chi connectivity index (χ2v) is 5.61. The Bertz CT molecular complexity index is 599. The predicted molar refractivity (Wildman–Crippen MR) is 81.0 cm³/mol. The van der Waals surface area contributed by atoms with E-state index in [4.69, 9.17) is 11.6 Å². The third kappa shape index (κ3) is 3.19. The molecule has 0 saturated carbocycles. The van der Waals surface area contributed by atoms with E-state index < -0.39 is 17.7 Å². The van der Waals surface area contributed by atoms with Crippen LogP contribution in [0.2, 0.25) is 5.02 Å². The zero-order valence-corrected chi connectivity index (χ0v) is 13.1. The molecule has 0 aliphatic rings. The lowest BCUT2D eigenvalue weighted by Crippen LogP contribution is -2.24.